The molecule has 1 amide bonds. The molecule has 1 atom stereocenters. The number of nitrogens with one attached hydrogen (secondary N) is 1. The van der Waals surface area contributed by atoms with E-state index in [4.69, 9.17) is 22.1 Å². The summed E-state index contributed by atoms with van der Waals surface area (Å²) >= 11 is 6.19. The fourth-order valence-electron chi connectivity index (χ4n) is 3.44. The summed E-state index contributed by atoms with van der Waals surface area (Å²) in [7, 11) is 0. The molecule has 146 valence electrons. The summed E-state index contributed by atoms with van der Waals surface area (Å²) in [5.74, 6) is -0.165. The number of nitrogens with two attached hydrogens (primary N) is 1. The van der Waals surface area contributed by atoms with Crippen molar-refractivity contribution in [2.75, 3.05) is 19.8 Å². The maximum absolute atomic E-state index is 12.6. The lowest BCUT2D eigenvalue weighted by molar-refractivity contribution is -0.123. The van der Waals surface area contributed by atoms with Crippen LogP contribution in [0.2, 0.25) is 5.02 Å². The highest BCUT2D eigenvalue weighted by atomic mass is 35.5. The summed E-state index contributed by atoms with van der Waals surface area (Å²) in [4.78, 5) is 12.6. The van der Waals surface area contributed by atoms with Crippen LogP contribution < -0.4 is 11.1 Å². The molecule has 2 aromatic rings. The van der Waals surface area contributed by atoms with Crippen molar-refractivity contribution in [1.82, 2.24) is 5.32 Å². The van der Waals surface area contributed by atoms with Crippen LogP contribution in [0.15, 0.2) is 48.5 Å². The molecule has 1 aliphatic heterocycles. The van der Waals surface area contributed by atoms with Crippen molar-refractivity contribution in [2.24, 2.45) is 5.73 Å². The Balaban J connectivity index is 0.00000261. The predicted octanol–water partition coefficient (Wildman–Crippen LogP) is 3.93. The van der Waals surface area contributed by atoms with Crippen LogP contribution in [0.1, 0.15) is 35.6 Å². The van der Waals surface area contributed by atoms with Crippen molar-refractivity contribution in [3.8, 4) is 0 Å². The van der Waals surface area contributed by atoms with Crippen LogP contribution in [-0.4, -0.2) is 25.7 Å². The second-order valence-electron chi connectivity index (χ2n) is 7.01. The molecule has 27 heavy (non-hydrogen) atoms. The molecule has 2 aromatic carbocycles. The van der Waals surface area contributed by atoms with Crippen LogP contribution >= 0.6 is 24.0 Å². The number of ether oxygens (including phenoxy) is 1. The molecule has 0 radical (unpaired) electrons. The summed E-state index contributed by atoms with van der Waals surface area (Å²) < 4.78 is 5.54. The van der Waals surface area contributed by atoms with Gasteiger partial charge < -0.3 is 15.8 Å². The number of hydrogen-bond acceptors (Lipinski definition) is 3. The highest BCUT2D eigenvalue weighted by Gasteiger charge is 2.35. The molecular formula is C21H26Cl2N2O2. The average molecular weight is 409 g/mol. The zero-order valence-electron chi connectivity index (χ0n) is 15.4. The van der Waals surface area contributed by atoms with Gasteiger partial charge >= 0.3 is 0 Å². The molecule has 0 saturated carbocycles. The van der Waals surface area contributed by atoms with Crippen molar-refractivity contribution >= 4 is 29.9 Å². The van der Waals surface area contributed by atoms with Crippen LogP contribution in [0, 0.1) is 6.92 Å². The van der Waals surface area contributed by atoms with E-state index in [1.54, 1.807) is 0 Å². The van der Waals surface area contributed by atoms with Gasteiger partial charge in [-0.05, 0) is 43.0 Å². The number of hydrogen-bond donors (Lipinski definition) is 2. The number of amides is 1. The lowest BCUT2D eigenvalue weighted by Gasteiger charge is -2.38. The highest BCUT2D eigenvalue weighted by molar-refractivity contribution is 6.30. The Kier molecular flexibility index (Phi) is 7.68. The SMILES string of the molecule is Cc1ccc(C(N)C(=O)NCC2(c3cccc(Cl)c3)CCOCC2)cc1.Cl. The van der Waals surface area contributed by atoms with Crippen molar-refractivity contribution in [3.05, 3.63) is 70.2 Å². The maximum Gasteiger partial charge on any atom is 0.241 e. The van der Waals surface area contributed by atoms with E-state index in [1.165, 1.54) is 0 Å². The van der Waals surface area contributed by atoms with Crippen LogP contribution in [-0.2, 0) is 14.9 Å². The standard InChI is InChI=1S/C21H25ClN2O2.ClH/c1-15-5-7-16(8-6-15)19(23)20(25)24-14-21(9-11-26-12-10-21)17-3-2-4-18(22)13-17;/h2-8,13,19H,9-12,14,23H2,1H3,(H,24,25);1H. The molecule has 1 heterocycles. The number of aryl methyl sites for hydroxylation is 1. The van der Waals surface area contributed by atoms with Gasteiger partial charge in [0.25, 0.3) is 0 Å². The molecule has 1 fully saturated rings. The number of halogens is 2. The summed E-state index contributed by atoms with van der Waals surface area (Å²) in [6.45, 7) is 3.88. The first-order chi connectivity index (χ1) is 12.5. The third-order valence-electron chi connectivity index (χ3n) is 5.21. The van der Waals surface area contributed by atoms with E-state index in [9.17, 15) is 4.79 Å². The molecule has 3 N–H and O–H groups in total. The number of rotatable bonds is 5. The zero-order chi connectivity index (χ0) is 18.6. The van der Waals surface area contributed by atoms with E-state index in [0.29, 0.717) is 24.8 Å². The van der Waals surface area contributed by atoms with E-state index in [-0.39, 0.29) is 23.7 Å². The summed E-state index contributed by atoms with van der Waals surface area (Å²) in [6, 6.07) is 14.9. The number of carbonyl (C=O) groups is 1. The maximum atomic E-state index is 12.6. The van der Waals surface area contributed by atoms with Crippen LogP contribution in [0.25, 0.3) is 0 Å². The molecule has 4 nitrogen and oxygen atoms in total. The van der Waals surface area contributed by atoms with Gasteiger partial charge in [-0.25, -0.2) is 0 Å². The van der Waals surface area contributed by atoms with Crippen molar-refractivity contribution in [3.63, 3.8) is 0 Å². The molecule has 1 saturated heterocycles. The van der Waals surface area contributed by atoms with Gasteiger partial charge in [-0.2, -0.15) is 0 Å². The van der Waals surface area contributed by atoms with Crippen molar-refractivity contribution in [1.29, 1.82) is 0 Å². The first kappa shape index (κ1) is 21.7. The Morgan fingerprint density at radius 2 is 1.89 bits per heavy atom. The van der Waals surface area contributed by atoms with Gasteiger partial charge in [-0.1, -0.05) is 53.6 Å². The number of carbonyl (C=O) groups excluding carboxylic acids is 1. The van der Waals surface area contributed by atoms with Crippen LogP contribution in [0.4, 0.5) is 0 Å². The predicted molar refractivity (Wildman–Crippen MR) is 112 cm³/mol. The lowest BCUT2D eigenvalue weighted by Crippen LogP contribution is -2.46. The molecule has 1 aliphatic rings. The summed E-state index contributed by atoms with van der Waals surface area (Å²) in [5, 5.41) is 3.77. The van der Waals surface area contributed by atoms with E-state index < -0.39 is 6.04 Å². The van der Waals surface area contributed by atoms with Crippen LogP contribution in [0.5, 0.6) is 0 Å². The molecule has 0 aliphatic carbocycles. The molecule has 0 aromatic heterocycles. The fourth-order valence-corrected chi connectivity index (χ4v) is 3.63. The lowest BCUT2D eigenvalue weighted by atomic mass is 9.74. The molecule has 0 spiro atoms. The van der Waals surface area contributed by atoms with Crippen molar-refractivity contribution in [2.45, 2.75) is 31.2 Å². The van der Waals surface area contributed by atoms with Gasteiger partial charge in [0.1, 0.15) is 6.04 Å². The molecule has 1 unspecified atom stereocenters. The van der Waals surface area contributed by atoms with E-state index >= 15 is 0 Å². The van der Waals surface area contributed by atoms with Gasteiger partial charge in [-0.3, -0.25) is 4.79 Å². The molecule has 6 heteroatoms. The molecule has 3 rings (SSSR count). The van der Waals surface area contributed by atoms with E-state index in [1.807, 2.05) is 49.4 Å². The van der Waals surface area contributed by atoms with Gasteiger partial charge in [-0.15, -0.1) is 12.4 Å². The Bertz CT molecular complexity index is 759. The second kappa shape index (κ2) is 9.56. The Hall–Kier alpha value is -1.59. The smallest absolute Gasteiger partial charge is 0.241 e. The fraction of sp³-hybridized carbons (Fsp3) is 0.381. The van der Waals surface area contributed by atoms with Crippen molar-refractivity contribution < 1.29 is 9.53 Å². The molecule has 0 bridgehead atoms. The van der Waals surface area contributed by atoms with Gasteiger partial charge in [0, 0.05) is 30.2 Å². The largest absolute Gasteiger partial charge is 0.381 e. The first-order valence-corrected chi connectivity index (χ1v) is 9.32. The summed E-state index contributed by atoms with van der Waals surface area (Å²) in [5.41, 5.74) is 9.07. The minimum Gasteiger partial charge on any atom is -0.381 e. The molecular weight excluding hydrogens is 383 g/mol. The highest BCUT2D eigenvalue weighted by Crippen LogP contribution is 2.35. The third kappa shape index (κ3) is 5.23. The normalized spacial score (nSPS) is 16.9. The Morgan fingerprint density at radius 1 is 1.22 bits per heavy atom. The van der Waals surface area contributed by atoms with Gasteiger partial charge in [0.2, 0.25) is 5.91 Å². The summed E-state index contributed by atoms with van der Waals surface area (Å²) in [6.07, 6.45) is 1.68. The Labute approximate surface area is 171 Å². The topological polar surface area (TPSA) is 64.4 Å². The number of benzene rings is 2. The van der Waals surface area contributed by atoms with E-state index in [0.717, 1.165) is 29.5 Å². The monoisotopic (exact) mass is 408 g/mol. The minimum atomic E-state index is -0.674. The second-order valence-corrected chi connectivity index (χ2v) is 7.45. The first-order valence-electron chi connectivity index (χ1n) is 8.94. The zero-order valence-corrected chi connectivity index (χ0v) is 17.0. The van der Waals surface area contributed by atoms with E-state index in [2.05, 4.69) is 11.4 Å². The minimum absolute atomic E-state index is 0. The van der Waals surface area contributed by atoms with Gasteiger partial charge in [0.15, 0.2) is 0 Å². The van der Waals surface area contributed by atoms with Gasteiger partial charge in [0.05, 0.1) is 0 Å². The quantitative estimate of drug-likeness (QED) is 0.787. The third-order valence-corrected chi connectivity index (χ3v) is 5.44. The Morgan fingerprint density at radius 3 is 2.52 bits per heavy atom. The average Bonchev–Trinajstić information content (AvgIpc) is 2.67. The van der Waals surface area contributed by atoms with Crippen LogP contribution in [0.3, 0.4) is 0 Å².